The Labute approximate surface area is 140 Å². The lowest BCUT2D eigenvalue weighted by atomic mass is 10.1. The lowest BCUT2D eigenvalue weighted by Gasteiger charge is -2.25. The van der Waals surface area contributed by atoms with E-state index in [0.717, 1.165) is 31.7 Å². The molecule has 0 unspecified atom stereocenters. The summed E-state index contributed by atoms with van der Waals surface area (Å²) in [4.78, 5) is 20.2. The predicted octanol–water partition coefficient (Wildman–Crippen LogP) is 1.68. The highest BCUT2D eigenvalue weighted by molar-refractivity contribution is 7.09. The fraction of sp³-hybridized carbons (Fsp3) is 0.562. The van der Waals surface area contributed by atoms with Gasteiger partial charge in [-0.2, -0.15) is 5.10 Å². The number of carbonyl (C=O) groups is 1. The number of nitrogens with one attached hydrogen (secondary N) is 1. The standard InChI is InChI=1S/C16H23N5OS/c1-13-15(23-12-18-13)11-20(10-14-3-6-17-9-14)16(22)4-8-21-7-2-5-19-21/h2,5,7,12,14,17H,3-4,6,8-11H2,1H3/t14-/m0/s1. The molecule has 1 aliphatic heterocycles. The van der Waals surface area contributed by atoms with Crippen molar-refractivity contribution in [2.24, 2.45) is 5.92 Å². The average molecular weight is 333 g/mol. The molecular formula is C16H23N5OS. The molecule has 1 amide bonds. The van der Waals surface area contributed by atoms with Crippen molar-refractivity contribution in [1.82, 2.24) is 25.0 Å². The second-order valence-corrected chi connectivity index (χ2v) is 6.95. The molecule has 124 valence electrons. The fourth-order valence-corrected chi connectivity index (χ4v) is 3.68. The highest BCUT2D eigenvalue weighted by Gasteiger charge is 2.22. The summed E-state index contributed by atoms with van der Waals surface area (Å²) in [6.07, 6.45) is 5.27. The van der Waals surface area contributed by atoms with Crippen molar-refractivity contribution in [2.75, 3.05) is 19.6 Å². The lowest BCUT2D eigenvalue weighted by Crippen LogP contribution is -2.36. The number of aromatic nitrogens is 3. The zero-order valence-corrected chi connectivity index (χ0v) is 14.3. The van der Waals surface area contributed by atoms with Crippen molar-refractivity contribution >= 4 is 17.2 Å². The Bertz CT molecular complexity index is 618. The van der Waals surface area contributed by atoms with Gasteiger partial charge in [0, 0.05) is 36.8 Å². The van der Waals surface area contributed by atoms with Crippen molar-refractivity contribution in [3.63, 3.8) is 0 Å². The van der Waals surface area contributed by atoms with E-state index in [0.29, 0.717) is 25.4 Å². The zero-order chi connectivity index (χ0) is 16.1. The minimum absolute atomic E-state index is 0.195. The number of rotatable bonds is 7. The number of aryl methyl sites for hydroxylation is 2. The zero-order valence-electron chi connectivity index (χ0n) is 13.4. The maximum Gasteiger partial charge on any atom is 0.224 e. The Morgan fingerprint density at radius 1 is 1.57 bits per heavy atom. The van der Waals surface area contributed by atoms with Crippen LogP contribution in [0.15, 0.2) is 24.0 Å². The molecule has 2 aromatic heterocycles. The maximum absolute atomic E-state index is 12.7. The number of carbonyl (C=O) groups excluding carboxylic acids is 1. The van der Waals surface area contributed by atoms with Crippen LogP contribution in [-0.4, -0.2) is 45.2 Å². The summed E-state index contributed by atoms with van der Waals surface area (Å²) in [7, 11) is 0. The topological polar surface area (TPSA) is 63.1 Å². The van der Waals surface area contributed by atoms with Gasteiger partial charge < -0.3 is 10.2 Å². The monoisotopic (exact) mass is 333 g/mol. The van der Waals surface area contributed by atoms with Crippen LogP contribution < -0.4 is 5.32 Å². The first-order chi connectivity index (χ1) is 11.2. The van der Waals surface area contributed by atoms with Crippen LogP contribution >= 0.6 is 11.3 Å². The first kappa shape index (κ1) is 16.1. The minimum atomic E-state index is 0.195. The van der Waals surface area contributed by atoms with Gasteiger partial charge in [0.1, 0.15) is 0 Å². The molecule has 0 radical (unpaired) electrons. The quantitative estimate of drug-likeness (QED) is 0.837. The van der Waals surface area contributed by atoms with Crippen LogP contribution in [0.3, 0.4) is 0 Å². The van der Waals surface area contributed by atoms with Gasteiger partial charge in [0.15, 0.2) is 0 Å². The van der Waals surface area contributed by atoms with E-state index >= 15 is 0 Å². The molecule has 0 aromatic carbocycles. The van der Waals surface area contributed by atoms with Gasteiger partial charge in [0.25, 0.3) is 0 Å². The van der Waals surface area contributed by atoms with Gasteiger partial charge in [-0.1, -0.05) is 0 Å². The van der Waals surface area contributed by atoms with Crippen LogP contribution in [0.2, 0.25) is 0 Å². The molecule has 23 heavy (non-hydrogen) atoms. The van der Waals surface area contributed by atoms with Crippen LogP contribution in [0.25, 0.3) is 0 Å². The summed E-state index contributed by atoms with van der Waals surface area (Å²) in [5, 5.41) is 7.55. The van der Waals surface area contributed by atoms with Gasteiger partial charge in [-0.15, -0.1) is 11.3 Å². The number of nitrogens with zero attached hydrogens (tertiary/aromatic N) is 4. The molecule has 3 heterocycles. The molecule has 1 fully saturated rings. The van der Waals surface area contributed by atoms with E-state index < -0.39 is 0 Å². The van der Waals surface area contributed by atoms with Crippen molar-refractivity contribution in [3.05, 3.63) is 34.5 Å². The van der Waals surface area contributed by atoms with Gasteiger partial charge >= 0.3 is 0 Å². The smallest absolute Gasteiger partial charge is 0.224 e. The highest BCUT2D eigenvalue weighted by atomic mass is 32.1. The third kappa shape index (κ3) is 4.39. The Morgan fingerprint density at radius 3 is 3.13 bits per heavy atom. The first-order valence-electron chi connectivity index (χ1n) is 8.07. The van der Waals surface area contributed by atoms with Crippen LogP contribution in [0.4, 0.5) is 0 Å². The molecule has 1 saturated heterocycles. The molecular weight excluding hydrogens is 310 g/mol. The van der Waals surface area contributed by atoms with Crippen LogP contribution in [0.1, 0.15) is 23.4 Å². The Hall–Kier alpha value is -1.73. The van der Waals surface area contributed by atoms with E-state index in [2.05, 4.69) is 15.4 Å². The van der Waals surface area contributed by atoms with Crippen LogP contribution in [0, 0.1) is 12.8 Å². The summed E-state index contributed by atoms with van der Waals surface area (Å²) in [6.45, 7) is 6.19. The molecule has 0 bridgehead atoms. The van der Waals surface area contributed by atoms with E-state index in [1.165, 1.54) is 4.88 Å². The summed E-state index contributed by atoms with van der Waals surface area (Å²) in [6, 6.07) is 1.88. The first-order valence-corrected chi connectivity index (χ1v) is 8.95. The normalized spacial score (nSPS) is 17.5. The number of thiazole rings is 1. The van der Waals surface area contributed by atoms with Gasteiger partial charge in [-0.05, 0) is 38.4 Å². The Kier molecular flexibility index (Phi) is 5.40. The highest BCUT2D eigenvalue weighted by Crippen LogP contribution is 2.18. The molecule has 1 aliphatic rings. The SMILES string of the molecule is Cc1ncsc1CN(C[C@H]1CCNC1)C(=O)CCn1cccn1. The average Bonchev–Trinajstić information content (AvgIpc) is 3.28. The van der Waals surface area contributed by atoms with Gasteiger partial charge in [0.2, 0.25) is 5.91 Å². The Morgan fingerprint density at radius 2 is 2.48 bits per heavy atom. The van der Waals surface area contributed by atoms with Crippen molar-refractivity contribution in [1.29, 1.82) is 0 Å². The second kappa shape index (κ2) is 7.70. The number of hydrogen-bond donors (Lipinski definition) is 1. The maximum atomic E-state index is 12.7. The molecule has 2 aromatic rings. The van der Waals surface area contributed by atoms with E-state index in [-0.39, 0.29) is 5.91 Å². The molecule has 0 aliphatic carbocycles. The summed E-state index contributed by atoms with van der Waals surface area (Å²) >= 11 is 1.63. The Balaban J connectivity index is 1.63. The van der Waals surface area contributed by atoms with Crippen LogP contribution in [0.5, 0.6) is 0 Å². The largest absolute Gasteiger partial charge is 0.337 e. The fourth-order valence-electron chi connectivity index (χ4n) is 2.89. The lowest BCUT2D eigenvalue weighted by molar-refractivity contribution is -0.132. The number of hydrogen-bond acceptors (Lipinski definition) is 5. The predicted molar refractivity (Wildman–Crippen MR) is 90.1 cm³/mol. The van der Waals surface area contributed by atoms with Crippen molar-refractivity contribution < 1.29 is 4.79 Å². The summed E-state index contributed by atoms with van der Waals surface area (Å²) < 4.78 is 1.81. The van der Waals surface area contributed by atoms with Crippen molar-refractivity contribution in [2.45, 2.75) is 32.9 Å². The minimum Gasteiger partial charge on any atom is -0.337 e. The third-order valence-electron chi connectivity index (χ3n) is 4.29. The summed E-state index contributed by atoms with van der Waals surface area (Å²) in [5.74, 6) is 0.747. The van der Waals surface area contributed by atoms with E-state index in [1.807, 2.05) is 34.3 Å². The summed E-state index contributed by atoms with van der Waals surface area (Å²) in [5.41, 5.74) is 2.89. The molecule has 0 saturated carbocycles. The van der Waals surface area contributed by atoms with Gasteiger partial charge in [-0.3, -0.25) is 9.48 Å². The molecule has 7 heteroatoms. The second-order valence-electron chi connectivity index (χ2n) is 6.01. The van der Waals surface area contributed by atoms with Crippen LogP contribution in [-0.2, 0) is 17.9 Å². The molecule has 1 N–H and O–H groups in total. The number of amides is 1. The third-order valence-corrected chi connectivity index (χ3v) is 5.21. The van der Waals surface area contributed by atoms with E-state index in [4.69, 9.17) is 0 Å². The molecule has 1 atom stereocenters. The van der Waals surface area contributed by atoms with E-state index in [9.17, 15) is 4.79 Å². The van der Waals surface area contributed by atoms with Crippen molar-refractivity contribution in [3.8, 4) is 0 Å². The van der Waals surface area contributed by atoms with E-state index in [1.54, 1.807) is 17.5 Å². The van der Waals surface area contributed by atoms with Gasteiger partial charge in [0.05, 0.1) is 17.7 Å². The van der Waals surface area contributed by atoms with Gasteiger partial charge in [-0.25, -0.2) is 4.98 Å². The molecule has 0 spiro atoms. The molecule has 6 nitrogen and oxygen atoms in total. The molecule has 3 rings (SSSR count).